The Morgan fingerprint density at radius 2 is 2.07 bits per heavy atom. The molecule has 0 N–H and O–H groups in total. The minimum Gasteiger partial charge on any atom is -0.494 e. The van der Waals surface area contributed by atoms with Crippen LogP contribution >= 0.6 is 11.6 Å². The molecule has 0 aliphatic heterocycles. The number of methoxy groups -OCH3 is 1. The lowest BCUT2D eigenvalue weighted by molar-refractivity contribution is 0.0467. The Labute approximate surface area is 163 Å². The number of benzene rings is 2. The Kier molecular flexibility index (Phi) is 7.19. The van der Waals surface area contributed by atoms with E-state index in [1.165, 1.54) is 19.2 Å². The van der Waals surface area contributed by atoms with Crippen molar-refractivity contribution in [3.63, 3.8) is 0 Å². The zero-order chi connectivity index (χ0) is 20.0. The second-order valence-corrected chi connectivity index (χ2v) is 6.36. The van der Waals surface area contributed by atoms with Crippen LogP contribution in [0.2, 0.25) is 5.02 Å². The van der Waals surface area contributed by atoms with Crippen molar-refractivity contribution in [1.82, 2.24) is 4.90 Å². The number of carbonyl (C=O) groups is 1. The van der Waals surface area contributed by atoms with E-state index in [1.54, 1.807) is 31.5 Å². The Balaban J connectivity index is 2.19. The largest absolute Gasteiger partial charge is 0.494 e. The number of hydrogen-bond acceptors (Lipinski definition) is 4. The van der Waals surface area contributed by atoms with E-state index >= 15 is 0 Å². The van der Waals surface area contributed by atoms with Gasteiger partial charge >= 0.3 is 5.97 Å². The second kappa shape index (κ2) is 9.37. The highest BCUT2D eigenvalue weighted by Crippen LogP contribution is 2.33. The van der Waals surface area contributed by atoms with Crippen molar-refractivity contribution < 1.29 is 18.7 Å². The monoisotopic (exact) mass is 392 g/mol. The van der Waals surface area contributed by atoms with Gasteiger partial charge in [0.05, 0.1) is 19.0 Å². The first kappa shape index (κ1) is 20.7. The molecule has 0 bridgehead atoms. The van der Waals surface area contributed by atoms with Crippen LogP contribution in [-0.2, 0) is 11.3 Å². The quantitative estimate of drug-likeness (QED) is 0.387. The molecule has 0 unspecified atom stereocenters. The van der Waals surface area contributed by atoms with Crippen LogP contribution in [0.3, 0.4) is 0 Å². The molecule has 0 heterocycles. The summed E-state index contributed by atoms with van der Waals surface area (Å²) in [5, 5.41) is 0.285. The molecule has 0 saturated carbocycles. The van der Waals surface area contributed by atoms with E-state index in [4.69, 9.17) is 21.1 Å². The summed E-state index contributed by atoms with van der Waals surface area (Å²) in [5.74, 6) is -0.599. The van der Waals surface area contributed by atoms with E-state index in [0.29, 0.717) is 22.6 Å². The van der Waals surface area contributed by atoms with E-state index in [0.717, 1.165) is 6.54 Å². The van der Waals surface area contributed by atoms with Crippen LogP contribution in [-0.4, -0.2) is 37.9 Å². The maximum absolute atomic E-state index is 13.8. The molecule has 0 amide bonds. The molecule has 0 aliphatic carbocycles. The fourth-order valence-electron chi connectivity index (χ4n) is 2.36. The average molecular weight is 393 g/mol. The molecule has 27 heavy (non-hydrogen) atoms. The van der Waals surface area contributed by atoms with Gasteiger partial charge in [0.2, 0.25) is 0 Å². The zero-order valence-corrected chi connectivity index (χ0v) is 16.5. The predicted molar refractivity (Wildman–Crippen MR) is 105 cm³/mol. The lowest BCUT2D eigenvalue weighted by Gasteiger charge is -2.14. The van der Waals surface area contributed by atoms with Crippen molar-refractivity contribution >= 4 is 29.6 Å². The third-order valence-electron chi connectivity index (χ3n) is 4.08. The molecule has 0 aromatic heterocycles. The second-order valence-electron chi connectivity index (χ2n) is 5.92. The highest BCUT2D eigenvalue weighted by molar-refractivity contribution is 6.30. The Morgan fingerprint density at radius 1 is 1.33 bits per heavy atom. The van der Waals surface area contributed by atoms with Gasteiger partial charge in [0.15, 0.2) is 0 Å². The number of ether oxygens (including phenoxy) is 2. The molecular formula is C20H22ClFN2O3. The first-order valence-corrected chi connectivity index (χ1v) is 8.78. The first-order valence-electron chi connectivity index (χ1n) is 8.40. The van der Waals surface area contributed by atoms with Gasteiger partial charge in [-0.25, -0.2) is 14.2 Å². The van der Waals surface area contributed by atoms with Gasteiger partial charge in [0.25, 0.3) is 0 Å². The number of carbonyl (C=O) groups excluding carboxylic acids is 1. The summed E-state index contributed by atoms with van der Waals surface area (Å²) in [5.41, 5.74) is 1.80. The minimum atomic E-state index is -0.568. The molecule has 5 nitrogen and oxygen atoms in total. The maximum atomic E-state index is 13.8. The van der Waals surface area contributed by atoms with Gasteiger partial charge in [0, 0.05) is 29.7 Å². The van der Waals surface area contributed by atoms with E-state index in [9.17, 15) is 9.18 Å². The fraction of sp³-hybridized carbons (Fsp3) is 0.300. The summed E-state index contributed by atoms with van der Waals surface area (Å²) in [6.45, 7) is 4.39. The molecule has 0 radical (unpaired) electrons. The van der Waals surface area contributed by atoms with Crippen LogP contribution in [0, 0.1) is 12.7 Å². The molecule has 2 rings (SSSR count). The van der Waals surface area contributed by atoms with Gasteiger partial charge in [-0.15, -0.1) is 0 Å². The smallest absolute Gasteiger partial charge is 0.338 e. The van der Waals surface area contributed by atoms with E-state index in [2.05, 4.69) is 4.99 Å². The topological polar surface area (TPSA) is 51.1 Å². The molecule has 0 fully saturated rings. The zero-order valence-electron chi connectivity index (χ0n) is 15.8. The Bertz CT molecular complexity index is 855. The molecule has 0 spiro atoms. The molecule has 0 atom stereocenters. The summed E-state index contributed by atoms with van der Waals surface area (Å²) in [6, 6.07) is 7.52. The summed E-state index contributed by atoms with van der Waals surface area (Å²) in [7, 11) is 3.42. The van der Waals surface area contributed by atoms with E-state index in [1.807, 2.05) is 18.9 Å². The van der Waals surface area contributed by atoms with Gasteiger partial charge in [-0.05, 0) is 38.1 Å². The van der Waals surface area contributed by atoms with Crippen LogP contribution in [0.4, 0.5) is 10.1 Å². The van der Waals surface area contributed by atoms with Crippen molar-refractivity contribution in [3.8, 4) is 5.75 Å². The number of hydrogen-bond donors (Lipinski definition) is 0. The normalized spacial score (nSPS) is 10.9. The molecule has 0 saturated heterocycles. The SMILES string of the molecule is CCN(C)C=Nc1ccc(C(=O)OCc2ccc(Cl)cc2F)c(C)c1OC. The lowest BCUT2D eigenvalue weighted by Crippen LogP contribution is -2.14. The molecule has 2 aromatic rings. The molecule has 7 heteroatoms. The van der Waals surface area contributed by atoms with Crippen LogP contribution in [0.5, 0.6) is 5.75 Å². The van der Waals surface area contributed by atoms with Crippen LogP contribution < -0.4 is 4.74 Å². The number of aliphatic imine (C=N–C) groups is 1. The lowest BCUT2D eigenvalue weighted by atomic mass is 10.1. The van der Waals surface area contributed by atoms with Gasteiger partial charge in [-0.1, -0.05) is 17.7 Å². The average Bonchev–Trinajstić information content (AvgIpc) is 2.65. The van der Waals surface area contributed by atoms with Crippen molar-refractivity contribution in [3.05, 3.63) is 57.9 Å². The highest BCUT2D eigenvalue weighted by Gasteiger charge is 2.17. The van der Waals surface area contributed by atoms with Crippen molar-refractivity contribution in [2.45, 2.75) is 20.5 Å². The number of esters is 1. The predicted octanol–water partition coefficient (Wildman–Crippen LogP) is 4.76. The Morgan fingerprint density at radius 3 is 2.70 bits per heavy atom. The Hall–Kier alpha value is -2.60. The molecule has 2 aromatic carbocycles. The van der Waals surface area contributed by atoms with Gasteiger partial charge in [-0.2, -0.15) is 0 Å². The van der Waals surface area contributed by atoms with E-state index < -0.39 is 11.8 Å². The highest BCUT2D eigenvalue weighted by atomic mass is 35.5. The van der Waals surface area contributed by atoms with Gasteiger partial charge in [-0.3, -0.25) is 0 Å². The maximum Gasteiger partial charge on any atom is 0.338 e. The standard InChI is InChI=1S/C20H22ClFN2O3/c1-5-24(3)12-23-18-9-8-16(13(2)19(18)26-4)20(25)27-11-14-6-7-15(21)10-17(14)22/h6-10,12H,5,11H2,1-4H3. The molecular weight excluding hydrogens is 371 g/mol. The summed E-state index contributed by atoms with van der Waals surface area (Å²) in [4.78, 5) is 18.7. The van der Waals surface area contributed by atoms with Crippen LogP contribution in [0.15, 0.2) is 35.3 Å². The van der Waals surface area contributed by atoms with E-state index in [-0.39, 0.29) is 17.2 Å². The van der Waals surface area contributed by atoms with Crippen molar-refractivity contribution in [2.75, 3.05) is 20.7 Å². The summed E-state index contributed by atoms with van der Waals surface area (Å²) < 4.78 is 24.5. The third kappa shape index (κ3) is 5.20. The number of nitrogens with zero attached hydrogens (tertiary/aromatic N) is 2. The molecule has 144 valence electrons. The summed E-state index contributed by atoms with van der Waals surface area (Å²) >= 11 is 5.72. The number of halogens is 2. The fourth-order valence-corrected chi connectivity index (χ4v) is 2.52. The van der Waals surface area contributed by atoms with Crippen molar-refractivity contribution in [2.24, 2.45) is 4.99 Å². The minimum absolute atomic E-state index is 0.190. The van der Waals surface area contributed by atoms with Gasteiger partial charge in [0.1, 0.15) is 23.9 Å². The first-order chi connectivity index (χ1) is 12.9. The summed E-state index contributed by atoms with van der Waals surface area (Å²) in [6.07, 6.45) is 1.69. The number of rotatable bonds is 7. The van der Waals surface area contributed by atoms with Crippen molar-refractivity contribution in [1.29, 1.82) is 0 Å². The molecule has 0 aliphatic rings. The van der Waals surface area contributed by atoms with Crippen LogP contribution in [0.1, 0.15) is 28.4 Å². The van der Waals surface area contributed by atoms with Gasteiger partial charge < -0.3 is 14.4 Å². The van der Waals surface area contributed by atoms with Crippen LogP contribution in [0.25, 0.3) is 0 Å². The third-order valence-corrected chi connectivity index (χ3v) is 4.31.